The number of likely N-dealkylation sites (N-methyl/N-ethyl adjacent to an activating group) is 1. The highest BCUT2D eigenvalue weighted by Gasteiger charge is 2.47. The number of carbonyl (C=O) groups excluding carboxylic acids is 1. The van der Waals surface area contributed by atoms with E-state index in [9.17, 15) is 9.18 Å². The van der Waals surface area contributed by atoms with Crippen molar-refractivity contribution in [3.8, 4) is 5.69 Å². The lowest BCUT2D eigenvalue weighted by molar-refractivity contribution is -0.128. The van der Waals surface area contributed by atoms with Crippen LogP contribution < -0.4 is 0 Å². The van der Waals surface area contributed by atoms with E-state index in [0.717, 1.165) is 0 Å². The lowest BCUT2D eigenvalue weighted by Crippen LogP contribution is -2.41. The Labute approximate surface area is 155 Å². The van der Waals surface area contributed by atoms with Gasteiger partial charge >= 0.3 is 0 Å². The second-order valence-corrected chi connectivity index (χ2v) is 7.23. The Hall–Kier alpha value is -3.10. The smallest absolute Gasteiger partial charge is 0.223 e. The number of hydrogen-bond acceptors (Lipinski definition) is 5. The predicted molar refractivity (Wildman–Crippen MR) is 94.6 cm³/mol. The molecule has 0 radical (unpaired) electrons. The van der Waals surface area contributed by atoms with Gasteiger partial charge in [0.05, 0.1) is 11.6 Å². The summed E-state index contributed by atoms with van der Waals surface area (Å²) in [6.07, 6.45) is 3.40. The maximum Gasteiger partial charge on any atom is 0.223 e. The van der Waals surface area contributed by atoms with Gasteiger partial charge in [0.15, 0.2) is 5.82 Å². The topological polar surface area (TPSA) is 81.7 Å². The van der Waals surface area contributed by atoms with Gasteiger partial charge in [0.25, 0.3) is 0 Å². The van der Waals surface area contributed by atoms with Crippen LogP contribution in [0.3, 0.4) is 0 Å². The Morgan fingerprint density at radius 2 is 2.00 bits per heavy atom. The van der Waals surface area contributed by atoms with Crippen molar-refractivity contribution in [3.05, 3.63) is 54.4 Å². The van der Waals surface area contributed by atoms with Crippen molar-refractivity contribution in [2.45, 2.75) is 38.3 Å². The van der Waals surface area contributed by atoms with Gasteiger partial charge in [0, 0.05) is 19.0 Å². The number of benzene rings is 1. The van der Waals surface area contributed by atoms with Crippen molar-refractivity contribution in [3.63, 3.8) is 0 Å². The summed E-state index contributed by atoms with van der Waals surface area (Å²) in [6.45, 7) is 4.39. The van der Waals surface area contributed by atoms with Crippen molar-refractivity contribution in [2.24, 2.45) is 0 Å². The van der Waals surface area contributed by atoms with Crippen LogP contribution in [0, 0.1) is 5.82 Å². The first kappa shape index (κ1) is 17.3. The van der Waals surface area contributed by atoms with Crippen LogP contribution >= 0.6 is 0 Å². The van der Waals surface area contributed by atoms with Gasteiger partial charge in [-0.1, -0.05) is 0 Å². The van der Waals surface area contributed by atoms with Gasteiger partial charge in [-0.2, -0.15) is 5.10 Å². The van der Waals surface area contributed by atoms with Crippen molar-refractivity contribution in [1.82, 2.24) is 34.4 Å². The molecule has 1 aliphatic heterocycles. The Morgan fingerprint density at radius 3 is 2.59 bits per heavy atom. The molecule has 0 N–H and O–H groups in total. The highest BCUT2D eigenvalue weighted by molar-refractivity contribution is 5.81. The maximum absolute atomic E-state index is 13.4. The largest absolute Gasteiger partial charge is 0.340 e. The van der Waals surface area contributed by atoms with E-state index in [1.54, 1.807) is 39.8 Å². The van der Waals surface area contributed by atoms with E-state index in [1.807, 2.05) is 13.8 Å². The fourth-order valence-corrected chi connectivity index (χ4v) is 3.42. The number of carbonyl (C=O) groups is 1. The molecule has 9 heteroatoms. The first-order valence-electron chi connectivity index (χ1n) is 8.67. The normalized spacial score (nSPS) is 19.0. The van der Waals surface area contributed by atoms with Crippen LogP contribution in [0.25, 0.3) is 5.69 Å². The van der Waals surface area contributed by atoms with Crippen molar-refractivity contribution < 1.29 is 9.18 Å². The summed E-state index contributed by atoms with van der Waals surface area (Å²) in [5.74, 6) is 0.838. The van der Waals surface area contributed by atoms with E-state index in [0.29, 0.717) is 30.3 Å². The Bertz CT molecular complexity index is 962. The highest BCUT2D eigenvalue weighted by Crippen LogP contribution is 2.41. The summed E-state index contributed by atoms with van der Waals surface area (Å²) in [4.78, 5) is 22.7. The Balaban J connectivity index is 1.80. The number of hydrogen-bond donors (Lipinski definition) is 0. The minimum atomic E-state index is -0.410. The van der Waals surface area contributed by atoms with E-state index < -0.39 is 5.54 Å². The fraction of sp³-hybridized carbons (Fsp3) is 0.389. The molecule has 0 spiro atoms. The van der Waals surface area contributed by atoms with Gasteiger partial charge in [0.1, 0.15) is 30.8 Å². The summed E-state index contributed by atoms with van der Waals surface area (Å²) in [5, 5.41) is 8.70. The molecule has 2 aromatic heterocycles. The third kappa shape index (κ3) is 2.98. The molecular formula is C18H20FN7O. The SMILES string of the molecule is CN1C(=O)CC(c2nc(Cn3cncn3)nn2-c2ccc(F)cc2)C1(C)C. The molecule has 1 unspecified atom stereocenters. The molecule has 1 saturated heterocycles. The fourth-order valence-electron chi connectivity index (χ4n) is 3.42. The van der Waals surface area contributed by atoms with Crippen LogP contribution in [0.2, 0.25) is 0 Å². The Morgan fingerprint density at radius 1 is 1.26 bits per heavy atom. The molecule has 3 heterocycles. The van der Waals surface area contributed by atoms with Crippen LogP contribution in [-0.2, 0) is 11.3 Å². The quantitative estimate of drug-likeness (QED) is 0.700. The van der Waals surface area contributed by atoms with Gasteiger partial charge in [-0.15, -0.1) is 5.10 Å². The molecule has 1 fully saturated rings. The first-order chi connectivity index (χ1) is 12.9. The Kier molecular flexibility index (Phi) is 4.01. The monoisotopic (exact) mass is 369 g/mol. The molecule has 0 aliphatic carbocycles. The minimum Gasteiger partial charge on any atom is -0.340 e. The van der Waals surface area contributed by atoms with Crippen LogP contribution in [0.1, 0.15) is 37.8 Å². The zero-order chi connectivity index (χ0) is 19.2. The average molecular weight is 369 g/mol. The number of halogens is 1. The molecule has 0 saturated carbocycles. The predicted octanol–water partition coefficient (Wildman–Crippen LogP) is 1.77. The standard InChI is InChI=1S/C18H20FN7O/c1-18(2)14(8-16(27)24(18)3)17-22-15(9-25-11-20-10-21-25)23-26(17)13-6-4-12(19)5-7-13/h4-7,10-11,14H,8-9H2,1-3H3. The van der Waals surface area contributed by atoms with Gasteiger partial charge < -0.3 is 4.90 Å². The molecule has 4 rings (SSSR count). The molecule has 1 atom stereocenters. The summed E-state index contributed by atoms with van der Waals surface area (Å²) >= 11 is 0. The lowest BCUT2D eigenvalue weighted by Gasteiger charge is -2.32. The maximum atomic E-state index is 13.4. The number of nitrogens with zero attached hydrogens (tertiary/aromatic N) is 7. The van der Waals surface area contributed by atoms with E-state index in [2.05, 4.69) is 15.2 Å². The summed E-state index contributed by atoms with van der Waals surface area (Å²) < 4.78 is 16.7. The van der Waals surface area contributed by atoms with Crippen LogP contribution in [-0.4, -0.2) is 52.9 Å². The minimum absolute atomic E-state index is 0.0662. The van der Waals surface area contributed by atoms with E-state index in [1.165, 1.54) is 18.5 Å². The number of aromatic nitrogens is 6. The highest BCUT2D eigenvalue weighted by atomic mass is 19.1. The third-order valence-corrected chi connectivity index (χ3v) is 5.30. The molecule has 1 amide bonds. The molecule has 1 aliphatic rings. The van der Waals surface area contributed by atoms with Gasteiger partial charge in [0.2, 0.25) is 5.91 Å². The molecule has 27 heavy (non-hydrogen) atoms. The third-order valence-electron chi connectivity index (χ3n) is 5.30. The van der Waals surface area contributed by atoms with Crippen molar-refractivity contribution in [1.29, 1.82) is 0 Å². The van der Waals surface area contributed by atoms with E-state index in [-0.39, 0.29) is 17.6 Å². The number of rotatable bonds is 4. The van der Waals surface area contributed by atoms with Gasteiger partial charge in [-0.25, -0.2) is 23.7 Å². The molecule has 1 aromatic carbocycles. The zero-order valence-electron chi connectivity index (χ0n) is 15.4. The second kappa shape index (κ2) is 6.26. The molecule has 3 aromatic rings. The second-order valence-electron chi connectivity index (χ2n) is 7.23. The average Bonchev–Trinajstić information content (AvgIpc) is 3.33. The summed E-state index contributed by atoms with van der Waals surface area (Å²) in [6, 6.07) is 6.07. The van der Waals surface area contributed by atoms with Crippen LogP contribution in [0.15, 0.2) is 36.9 Å². The van der Waals surface area contributed by atoms with Gasteiger partial charge in [-0.05, 0) is 38.1 Å². The van der Waals surface area contributed by atoms with E-state index >= 15 is 0 Å². The van der Waals surface area contributed by atoms with Crippen molar-refractivity contribution >= 4 is 5.91 Å². The zero-order valence-corrected chi connectivity index (χ0v) is 15.4. The summed E-state index contributed by atoms with van der Waals surface area (Å²) in [7, 11) is 1.80. The van der Waals surface area contributed by atoms with Crippen molar-refractivity contribution in [2.75, 3.05) is 7.05 Å². The number of likely N-dealkylation sites (tertiary alicyclic amines) is 1. The van der Waals surface area contributed by atoms with E-state index in [4.69, 9.17) is 4.98 Å². The first-order valence-corrected chi connectivity index (χ1v) is 8.67. The number of amides is 1. The van der Waals surface area contributed by atoms with Gasteiger partial charge in [-0.3, -0.25) is 4.79 Å². The van der Waals surface area contributed by atoms with Crippen LogP contribution in [0.4, 0.5) is 4.39 Å². The molecular weight excluding hydrogens is 349 g/mol. The molecule has 140 valence electrons. The summed E-state index contributed by atoms with van der Waals surface area (Å²) in [5.41, 5.74) is 0.286. The molecule has 0 bridgehead atoms. The van der Waals surface area contributed by atoms with Crippen LogP contribution in [0.5, 0.6) is 0 Å². The molecule has 8 nitrogen and oxygen atoms in total. The lowest BCUT2D eigenvalue weighted by atomic mass is 9.87.